The van der Waals surface area contributed by atoms with E-state index >= 15 is 0 Å². The molecule has 1 aliphatic rings. The summed E-state index contributed by atoms with van der Waals surface area (Å²) in [6.07, 6.45) is 3.15. The molecule has 7 nitrogen and oxygen atoms in total. The molecule has 0 radical (unpaired) electrons. The number of carbonyl (C=O) groups is 1. The van der Waals surface area contributed by atoms with E-state index in [2.05, 4.69) is 15.3 Å². The van der Waals surface area contributed by atoms with Gasteiger partial charge in [0.05, 0.1) is 0 Å². The molecular formula is C10H15BN4O3. The minimum atomic E-state index is -1.57. The minimum Gasteiger partial charge on any atom is -0.423 e. The molecule has 0 spiro atoms. The smallest absolute Gasteiger partial charge is 0.423 e. The van der Waals surface area contributed by atoms with Crippen LogP contribution in [-0.2, 0) is 4.79 Å². The summed E-state index contributed by atoms with van der Waals surface area (Å²) in [5.74, 6) is 0.509. The summed E-state index contributed by atoms with van der Waals surface area (Å²) in [5.41, 5.74) is 0.246. The van der Waals surface area contributed by atoms with Crippen molar-refractivity contribution in [2.24, 2.45) is 0 Å². The number of amides is 1. The highest BCUT2D eigenvalue weighted by molar-refractivity contribution is 6.58. The van der Waals surface area contributed by atoms with Crippen LogP contribution in [0.25, 0.3) is 0 Å². The maximum absolute atomic E-state index is 11.3. The van der Waals surface area contributed by atoms with Gasteiger partial charge in [0.1, 0.15) is 0 Å². The Bertz CT molecular complexity index is 426. The maximum Gasteiger partial charge on any atom is 0.491 e. The number of hydrogen-bond donors (Lipinski definition) is 3. The van der Waals surface area contributed by atoms with Gasteiger partial charge in [0.2, 0.25) is 11.9 Å². The van der Waals surface area contributed by atoms with Crippen molar-refractivity contribution in [3.63, 3.8) is 0 Å². The van der Waals surface area contributed by atoms with Gasteiger partial charge in [-0.3, -0.25) is 4.79 Å². The topological polar surface area (TPSA) is 98.6 Å². The van der Waals surface area contributed by atoms with E-state index in [1.165, 1.54) is 12.4 Å². The lowest BCUT2D eigenvalue weighted by Crippen LogP contribution is -2.39. The summed E-state index contributed by atoms with van der Waals surface area (Å²) in [5, 5.41) is 20.7. The fraction of sp³-hybridized carbons (Fsp3) is 0.500. The first-order valence-electron chi connectivity index (χ1n) is 5.79. The Morgan fingerprint density at radius 2 is 2.11 bits per heavy atom. The average Bonchev–Trinajstić information content (AvgIpc) is 2.52. The van der Waals surface area contributed by atoms with E-state index in [9.17, 15) is 4.79 Å². The molecule has 2 heterocycles. The third-order valence-corrected chi connectivity index (χ3v) is 2.92. The normalized spacial score (nSPS) is 20.3. The maximum atomic E-state index is 11.3. The van der Waals surface area contributed by atoms with E-state index in [4.69, 9.17) is 10.0 Å². The molecule has 0 aromatic carbocycles. The zero-order chi connectivity index (χ0) is 13.1. The molecule has 3 N–H and O–H groups in total. The van der Waals surface area contributed by atoms with E-state index in [0.717, 1.165) is 0 Å². The first kappa shape index (κ1) is 12.8. The molecule has 1 saturated heterocycles. The Morgan fingerprint density at radius 1 is 1.44 bits per heavy atom. The highest BCUT2D eigenvalue weighted by Gasteiger charge is 2.22. The minimum absolute atomic E-state index is 0.0201. The van der Waals surface area contributed by atoms with E-state index in [1.807, 2.05) is 11.8 Å². The summed E-state index contributed by atoms with van der Waals surface area (Å²) in [6.45, 7) is 3.07. The monoisotopic (exact) mass is 250 g/mol. The third kappa shape index (κ3) is 2.77. The number of aromatic nitrogens is 2. The molecule has 1 aromatic heterocycles. The van der Waals surface area contributed by atoms with E-state index in [1.54, 1.807) is 0 Å². The Labute approximate surface area is 105 Å². The van der Waals surface area contributed by atoms with Gasteiger partial charge in [0.15, 0.2) is 0 Å². The quantitative estimate of drug-likeness (QED) is 0.519. The standard InChI is InChI=1S/C10H15BN4O3/c1-7-4-12-9(16)2-3-15(7)10-13-5-8(6-14-10)11(17)18/h5-7,17-18H,2-4H2,1H3,(H,12,16)/t7-/m0/s1. The largest absolute Gasteiger partial charge is 0.491 e. The number of nitrogens with one attached hydrogen (secondary N) is 1. The third-order valence-electron chi connectivity index (χ3n) is 2.92. The molecule has 0 bridgehead atoms. The van der Waals surface area contributed by atoms with Crippen molar-refractivity contribution >= 4 is 24.4 Å². The Hall–Kier alpha value is -1.67. The van der Waals surface area contributed by atoms with Gasteiger partial charge >= 0.3 is 7.12 Å². The second-order valence-electron chi connectivity index (χ2n) is 4.29. The number of anilines is 1. The van der Waals surface area contributed by atoms with Crippen molar-refractivity contribution in [1.29, 1.82) is 0 Å². The van der Waals surface area contributed by atoms with Gasteiger partial charge in [-0.15, -0.1) is 0 Å². The van der Waals surface area contributed by atoms with Crippen LogP contribution < -0.4 is 15.7 Å². The molecule has 18 heavy (non-hydrogen) atoms. The van der Waals surface area contributed by atoms with E-state index in [-0.39, 0.29) is 17.4 Å². The first-order chi connectivity index (χ1) is 8.58. The second-order valence-corrected chi connectivity index (χ2v) is 4.29. The molecule has 1 fully saturated rings. The lowest BCUT2D eigenvalue weighted by molar-refractivity contribution is -0.120. The molecule has 8 heteroatoms. The van der Waals surface area contributed by atoms with E-state index in [0.29, 0.717) is 25.5 Å². The van der Waals surface area contributed by atoms with Crippen LogP contribution in [0.1, 0.15) is 13.3 Å². The van der Waals surface area contributed by atoms with Crippen LogP contribution in [0.2, 0.25) is 0 Å². The molecule has 1 aromatic rings. The van der Waals surface area contributed by atoms with Crippen LogP contribution in [0, 0.1) is 0 Å². The molecule has 1 amide bonds. The zero-order valence-electron chi connectivity index (χ0n) is 10.1. The molecule has 0 saturated carbocycles. The Morgan fingerprint density at radius 3 is 2.72 bits per heavy atom. The number of hydrogen-bond acceptors (Lipinski definition) is 6. The highest BCUT2D eigenvalue weighted by atomic mass is 16.4. The second kappa shape index (κ2) is 5.32. The molecule has 1 atom stereocenters. The summed E-state index contributed by atoms with van der Waals surface area (Å²) in [4.78, 5) is 21.4. The summed E-state index contributed by atoms with van der Waals surface area (Å²) in [7, 11) is -1.57. The van der Waals surface area contributed by atoms with Gasteiger partial charge < -0.3 is 20.3 Å². The van der Waals surface area contributed by atoms with Crippen molar-refractivity contribution in [2.75, 3.05) is 18.0 Å². The SMILES string of the molecule is C[C@H]1CNC(=O)CCN1c1ncc(B(O)O)cn1. The molecule has 0 aliphatic carbocycles. The van der Waals surface area contributed by atoms with Gasteiger partial charge in [0.25, 0.3) is 0 Å². The number of nitrogens with zero attached hydrogens (tertiary/aromatic N) is 3. The zero-order valence-corrected chi connectivity index (χ0v) is 10.1. The van der Waals surface area contributed by atoms with Gasteiger partial charge in [-0.05, 0) is 6.92 Å². The van der Waals surface area contributed by atoms with Crippen LogP contribution >= 0.6 is 0 Å². The van der Waals surface area contributed by atoms with Crippen molar-refractivity contribution in [3.05, 3.63) is 12.4 Å². The Kier molecular flexibility index (Phi) is 3.78. The fourth-order valence-electron chi connectivity index (χ4n) is 1.81. The predicted octanol–water partition coefficient (Wildman–Crippen LogP) is -2.13. The van der Waals surface area contributed by atoms with Crippen molar-refractivity contribution in [1.82, 2.24) is 15.3 Å². The fourth-order valence-corrected chi connectivity index (χ4v) is 1.81. The lowest BCUT2D eigenvalue weighted by Gasteiger charge is -2.26. The lowest BCUT2D eigenvalue weighted by atomic mass is 9.83. The predicted molar refractivity (Wildman–Crippen MR) is 66.3 cm³/mol. The summed E-state index contributed by atoms with van der Waals surface area (Å²) in [6, 6.07) is 0.0985. The van der Waals surface area contributed by atoms with Gasteiger partial charge in [0, 0.05) is 43.4 Å². The molecule has 0 unspecified atom stereocenters. The van der Waals surface area contributed by atoms with Crippen molar-refractivity contribution in [2.45, 2.75) is 19.4 Å². The summed E-state index contributed by atoms with van der Waals surface area (Å²) < 4.78 is 0. The van der Waals surface area contributed by atoms with Gasteiger partial charge in [-0.1, -0.05) is 0 Å². The van der Waals surface area contributed by atoms with E-state index < -0.39 is 7.12 Å². The Balaban J connectivity index is 2.16. The van der Waals surface area contributed by atoms with Gasteiger partial charge in [-0.2, -0.15) is 0 Å². The van der Waals surface area contributed by atoms with Crippen LogP contribution in [0.3, 0.4) is 0 Å². The van der Waals surface area contributed by atoms with Crippen molar-refractivity contribution in [3.8, 4) is 0 Å². The molecule has 1 aliphatic heterocycles. The van der Waals surface area contributed by atoms with Crippen LogP contribution in [0.15, 0.2) is 12.4 Å². The number of rotatable bonds is 2. The average molecular weight is 250 g/mol. The summed E-state index contributed by atoms with van der Waals surface area (Å²) >= 11 is 0. The highest BCUT2D eigenvalue weighted by Crippen LogP contribution is 2.12. The first-order valence-corrected chi connectivity index (χ1v) is 5.79. The molecule has 2 rings (SSSR count). The van der Waals surface area contributed by atoms with Crippen LogP contribution in [0.4, 0.5) is 5.95 Å². The molecule has 96 valence electrons. The van der Waals surface area contributed by atoms with Crippen LogP contribution in [-0.4, -0.2) is 52.2 Å². The van der Waals surface area contributed by atoms with Crippen molar-refractivity contribution < 1.29 is 14.8 Å². The van der Waals surface area contributed by atoms with Gasteiger partial charge in [-0.25, -0.2) is 9.97 Å². The molecular weight excluding hydrogens is 235 g/mol. The number of carbonyl (C=O) groups excluding carboxylic acids is 1. The van der Waals surface area contributed by atoms with Crippen LogP contribution in [0.5, 0.6) is 0 Å².